The Bertz CT molecular complexity index is 782. The number of likely N-dealkylation sites (tertiary alicyclic amines) is 1. The van der Waals surface area contributed by atoms with Gasteiger partial charge in [-0.3, -0.25) is 14.6 Å². The Hall–Kier alpha value is -2.70. The van der Waals surface area contributed by atoms with Gasteiger partial charge in [-0.15, -0.1) is 0 Å². The largest absolute Gasteiger partial charge is 0.334 e. The van der Waals surface area contributed by atoms with Crippen LogP contribution in [-0.2, 0) is 16.1 Å². The first-order chi connectivity index (χ1) is 12.2. The lowest BCUT2D eigenvalue weighted by atomic mass is 9.68. The molecule has 2 amide bonds. The van der Waals surface area contributed by atoms with E-state index in [4.69, 9.17) is 0 Å². The molecule has 25 heavy (non-hydrogen) atoms. The topological polar surface area (TPSA) is 80.1 Å². The second-order valence-electron chi connectivity index (χ2n) is 7.02. The maximum absolute atomic E-state index is 12.4. The minimum absolute atomic E-state index is 0.290. The van der Waals surface area contributed by atoms with Crippen LogP contribution < -0.4 is 5.32 Å². The number of amides is 2. The average Bonchev–Trinajstić information content (AvgIpc) is 3.22. The van der Waals surface area contributed by atoms with Crippen LogP contribution in [0.5, 0.6) is 0 Å². The first-order valence-electron chi connectivity index (χ1n) is 8.66. The summed E-state index contributed by atoms with van der Waals surface area (Å²) in [5.74, 6) is -0.526. The van der Waals surface area contributed by atoms with Crippen molar-refractivity contribution in [3.05, 3.63) is 42.4 Å². The van der Waals surface area contributed by atoms with E-state index in [0.29, 0.717) is 25.5 Å². The third kappa shape index (κ3) is 3.14. The van der Waals surface area contributed by atoms with Crippen molar-refractivity contribution < 1.29 is 9.59 Å². The van der Waals surface area contributed by atoms with E-state index >= 15 is 0 Å². The summed E-state index contributed by atoms with van der Waals surface area (Å²) in [5.41, 5.74) is 1.26. The molecule has 2 fully saturated rings. The minimum Gasteiger partial charge on any atom is -0.334 e. The van der Waals surface area contributed by atoms with Crippen LogP contribution in [0.3, 0.4) is 0 Å². The van der Waals surface area contributed by atoms with Gasteiger partial charge in [0.05, 0.1) is 12.7 Å². The third-order valence-electron chi connectivity index (χ3n) is 5.35. The average molecular weight is 339 g/mol. The summed E-state index contributed by atoms with van der Waals surface area (Å²) in [6.45, 7) is 1.88. The fourth-order valence-electron chi connectivity index (χ4n) is 3.74. The Morgan fingerprint density at radius 1 is 1.20 bits per heavy atom. The summed E-state index contributed by atoms with van der Waals surface area (Å²) in [6, 6.07) is 5.48. The van der Waals surface area contributed by atoms with Crippen molar-refractivity contribution in [2.75, 3.05) is 18.4 Å². The van der Waals surface area contributed by atoms with Crippen molar-refractivity contribution in [2.24, 2.45) is 5.41 Å². The lowest BCUT2D eigenvalue weighted by molar-refractivity contribution is -0.142. The second kappa shape index (κ2) is 6.31. The van der Waals surface area contributed by atoms with Crippen LogP contribution >= 0.6 is 0 Å². The maximum Gasteiger partial charge on any atom is 0.315 e. The fourth-order valence-corrected chi connectivity index (χ4v) is 3.74. The van der Waals surface area contributed by atoms with E-state index in [1.165, 1.54) is 19.3 Å². The van der Waals surface area contributed by atoms with E-state index in [2.05, 4.69) is 15.4 Å². The predicted octanol–water partition coefficient (Wildman–Crippen LogP) is 1.67. The standard InChI is InChI=1S/C18H21N5O2/c24-16(17(25)22-10-7-18(13-22)5-2-6-18)21-15-4-9-20-23(15)12-14-3-1-8-19-11-14/h1,3-4,8-9,11H,2,5-7,10,12-13H2,(H,21,24). The molecule has 2 aromatic heterocycles. The number of hydrogen-bond acceptors (Lipinski definition) is 4. The molecular formula is C18H21N5O2. The highest BCUT2D eigenvalue weighted by Crippen LogP contribution is 2.47. The SMILES string of the molecule is O=C(Nc1ccnn1Cc1cccnc1)C(=O)N1CCC2(CCC2)C1. The Morgan fingerprint density at radius 3 is 2.76 bits per heavy atom. The van der Waals surface area contributed by atoms with Crippen molar-refractivity contribution in [3.63, 3.8) is 0 Å². The van der Waals surface area contributed by atoms with Crippen LogP contribution in [0.4, 0.5) is 5.82 Å². The molecule has 7 nitrogen and oxygen atoms in total. The third-order valence-corrected chi connectivity index (χ3v) is 5.35. The van der Waals surface area contributed by atoms with E-state index < -0.39 is 11.8 Å². The van der Waals surface area contributed by atoms with Gasteiger partial charge < -0.3 is 10.2 Å². The summed E-state index contributed by atoms with van der Waals surface area (Å²) in [4.78, 5) is 30.6. The Labute approximate surface area is 146 Å². The van der Waals surface area contributed by atoms with Gasteiger partial charge in [0.2, 0.25) is 0 Å². The molecule has 1 saturated carbocycles. The molecule has 130 valence electrons. The van der Waals surface area contributed by atoms with Crippen LogP contribution in [0.25, 0.3) is 0 Å². The van der Waals surface area contributed by atoms with Gasteiger partial charge in [0.25, 0.3) is 0 Å². The zero-order valence-electron chi connectivity index (χ0n) is 14.0. The zero-order chi connectivity index (χ0) is 17.3. The molecule has 0 atom stereocenters. The molecule has 1 aliphatic carbocycles. The molecule has 7 heteroatoms. The number of hydrogen-bond donors (Lipinski definition) is 1. The normalized spacial score (nSPS) is 18.2. The van der Waals surface area contributed by atoms with E-state index in [-0.39, 0.29) is 5.41 Å². The predicted molar refractivity (Wildman–Crippen MR) is 91.7 cm³/mol. The van der Waals surface area contributed by atoms with Gasteiger partial charge in [0.1, 0.15) is 5.82 Å². The fraction of sp³-hybridized carbons (Fsp3) is 0.444. The molecule has 2 aliphatic rings. The first kappa shape index (κ1) is 15.8. The number of nitrogens with one attached hydrogen (secondary N) is 1. The molecular weight excluding hydrogens is 318 g/mol. The van der Waals surface area contributed by atoms with Crippen molar-refractivity contribution in [2.45, 2.75) is 32.2 Å². The number of pyridine rings is 1. The Balaban J connectivity index is 1.40. The number of aromatic nitrogens is 3. The molecule has 1 aliphatic heterocycles. The second-order valence-corrected chi connectivity index (χ2v) is 7.02. The van der Waals surface area contributed by atoms with E-state index in [9.17, 15) is 9.59 Å². The van der Waals surface area contributed by atoms with Crippen LogP contribution in [0.1, 0.15) is 31.2 Å². The Morgan fingerprint density at radius 2 is 2.08 bits per heavy atom. The van der Waals surface area contributed by atoms with Gasteiger partial charge in [0, 0.05) is 31.5 Å². The van der Waals surface area contributed by atoms with Crippen molar-refractivity contribution in [3.8, 4) is 0 Å². The molecule has 0 aromatic carbocycles. The first-order valence-corrected chi connectivity index (χ1v) is 8.66. The molecule has 0 bridgehead atoms. The molecule has 4 rings (SSSR count). The number of carbonyl (C=O) groups excluding carboxylic acids is 2. The lowest BCUT2D eigenvalue weighted by Crippen LogP contribution is -2.41. The van der Waals surface area contributed by atoms with E-state index in [1.807, 2.05) is 12.1 Å². The van der Waals surface area contributed by atoms with Crippen LogP contribution in [0.15, 0.2) is 36.8 Å². The van der Waals surface area contributed by atoms with Gasteiger partial charge in [-0.25, -0.2) is 4.68 Å². The quantitative estimate of drug-likeness (QED) is 0.863. The minimum atomic E-state index is -0.593. The van der Waals surface area contributed by atoms with Crippen LogP contribution in [0, 0.1) is 5.41 Å². The zero-order valence-corrected chi connectivity index (χ0v) is 14.0. The highest BCUT2D eigenvalue weighted by Gasteiger charge is 2.45. The van der Waals surface area contributed by atoms with Gasteiger partial charge in [-0.05, 0) is 36.3 Å². The van der Waals surface area contributed by atoms with Crippen molar-refractivity contribution in [1.82, 2.24) is 19.7 Å². The van der Waals surface area contributed by atoms with Gasteiger partial charge in [-0.1, -0.05) is 12.5 Å². The highest BCUT2D eigenvalue weighted by molar-refractivity contribution is 6.39. The maximum atomic E-state index is 12.4. The molecule has 1 spiro atoms. The van der Waals surface area contributed by atoms with Crippen LogP contribution in [-0.4, -0.2) is 44.6 Å². The smallest absolute Gasteiger partial charge is 0.315 e. The van der Waals surface area contributed by atoms with Crippen molar-refractivity contribution in [1.29, 1.82) is 0 Å². The summed E-state index contributed by atoms with van der Waals surface area (Å²) in [7, 11) is 0. The van der Waals surface area contributed by atoms with Gasteiger partial charge in [0.15, 0.2) is 0 Å². The van der Waals surface area contributed by atoms with E-state index in [1.54, 1.807) is 34.2 Å². The van der Waals surface area contributed by atoms with Crippen LogP contribution in [0.2, 0.25) is 0 Å². The van der Waals surface area contributed by atoms with Crippen molar-refractivity contribution >= 4 is 17.6 Å². The molecule has 2 aromatic rings. The number of anilines is 1. The Kier molecular flexibility index (Phi) is 3.99. The highest BCUT2D eigenvalue weighted by atomic mass is 16.2. The molecule has 0 unspecified atom stereocenters. The summed E-state index contributed by atoms with van der Waals surface area (Å²) in [5, 5.41) is 6.92. The summed E-state index contributed by atoms with van der Waals surface area (Å²) < 4.78 is 1.65. The molecule has 1 N–H and O–H groups in total. The molecule has 3 heterocycles. The lowest BCUT2D eigenvalue weighted by Gasteiger charge is -2.37. The van der Waals surface area contributed by atoms with Gasteiger partial charge in [-0.2, -0.15) is 5.10 Å². The van der Waals surface area contributed by atoms with Gasteiger partial charge >= 0.3 is 11.8 Å². The number of rotatable bonds is 3. The molecule has 0 radical (unpaired) electrons. The number of carbonyl (C=O) groups is 2. The summed E-state index contributed by atoms with van der Waals surface area (Å²) in [6.07, 6.45) is 9.68. The number of nitrogens with zero attached hydrogens (tertiary/aromatic N) is 4. The summed E-state index contributed by atoms with van der Waals surface area (Å²) >= 11 is 0. The molecule has 1 saturated heterocycles. The van der Waals surface area contributed by atoms with E-state index in [0.717, 1.165) is 12.0 Å². The monoisotopic (exact) mass is 339 g/mol.